The molecule has 2 N–H and O–H groups in total. The molecule has 1 atom stereocenters. The molecule has 0 aromatic rings. The topological polar surface area (TPSA) is 50.4 Å². The smallest absolute Gasteiger partial charge is 0.236 e. The number of methoxy groups -OCH3 is 1. The van der Waals surface area contributed by atoms with Crippen LogP contribution in [0.3, 0.4) is 0 Å². The fourth-order valence-corrected chi connectivity index (χ4v) is 0.844. The number of rotatable bonds is 6. The number of hydrogen-bond donors (Lipinski definition) is 2. The molecule has 0 unspecified atom stereocenters. The van der Waals surface area contributed by atoms with E-state index >= 15 is 0 Å². The minimum Gasteiger partial charge on any atom is -0.385 e. The Morgan fingerprint density at radius 3 is 2.75 bits per heavy atom. The van der Waals surface area contributed by atoms with Gasteiger partial charge < -0.3 is 15.4 Å². The molecule has 4 heteroatoms. The average molecular weight is 174 g/mol. The lowest BCUT2D eigenvalue weighted by Gasteiger charge is -2.11. The summed E-state index contributed by atoms with van der Waals surface area (Å²) >= 11 is 0. The highest BCUT2D eigenvalue weighted by molar-refractivity contribution is 5.80. The van der Waals surface area contributed by atoms with Gasteiger partial charge in [0.1, 0.15) is 0 Å². The molecule has 0 bridgehead atoms. The predicted octanol–water partition coefficient (Wildman–Crippen LogP) is -0.253. The van der Waals surface area contributed by atoms with Crippen LogP contribution in [-0.4, -0.2) is 39.3 Å². The van der Waals surface area contributed by atoms with E-state index in [2.05, 4.69) is 10.6 Å². The van der Waals surface area contributed by atoms with Crippen LogP contribution in [0.4, 0.5) is 0 Å². The Bertz CT molecular complexity index is 128. The van der Waals surface area contributed by atoms with Crippen LogP contribution < -0.4 is 10.6 Å². The molecule has 72 valence electrons. The van der Waals surface area contributed by atoms with Crippen LogP contribution in [0.5, 0.6) is 0 Å². The van der Waals surface area contributed by atoms with Crippen molar-refractivity contribution in [3.63, 3.8) is 0 Å². The van der Waals surface area contributed by atoms with E-state index in [0.29, 0.717) is 0 Å². The normalized spacial score (nSPS) is 12.6. The van der Waals surface area contributed by atoms with Crippen molar-refractivity contribution in [2.75, 3.05) is 27.3 Å². The van der Waals surface area contributed by atoms with Crippen molar-refractivity contribution in [1.29, 1.82) is 0 Å². The van der Waals surface area contributed by atoms with Crippen LogP contribution in [0.25, 0.3) is 0 Å². The molecule has 0 aromatic carbocycles. The first-order chi connectivity index (χ1) is 5.72. The second kappa shape index (κ2) is 7.06. The van der Waals surface area contributed by atoms with Gasteiger partial charge in [-0.1, -0.05) is 0 Å². The van der Waals surface area contributed by atoms with Gasteiger partial charge in [-0.3, -0.25) is 4.79 Å². The lowest BCUT2D eigenvalue weighted by molar-refractivity contribution is -0.122. The fraction of sp³-hybridized carbons (Fsp3) is 0.875. The quantitative estimate of drug-likeness (QED) is 0.546. The first kappa shape index (κ1) is 11.4. The van der Waals surface area contributed by atoms with Gasteiger partial charge in [0.05, 0.1) is 6.04 Å². The number of carbonyl (C=O) groups is 1. The van der Waals surface area contributed by atoms with E-state index in [9.17, 15) is 4.79 Å². The molecule has 0 aliphatic heterocycles. The van der Waals surface area contributed by atoms with Crippen LogP contribution >= 0.6 is 0 Å². The molecular weight excluding hydrogens is 156 g/mol. The maximum Gasteiger partial charge on any atom is 0.236 e. The Hall–Kier alpha value is -0.610. The summed E-state index contributed by atoms with van der Waals surface area (Å²) < 4.78 is 4.87. The minimum atomic E-state index is -0.119. The highest BCUT2D eigenvalue weighted by atomic mass is 16.5. The highest BCUT2D eigenvalue weighted by Crippen LogP contribution is 1.83. The molecule has 0 spiro atoms. The van der Waals surface area contributed by atoms with Gasteiger partial charge in [-0.05, 0) is 19.9 Å². The molecule has 0 heterocycles. The Kier molecular flexibility index (Phi) is 6.70. The Morgan fingerprint density at radius 1 is 1.58 bits per heavy atom. The number of ether oxygens (including phenoxy) is 1. The Morgan fingerprint density at radius 2 is 2.25 bits per heavy atom. The van der Waals surface area contributed by atoms with E-state index in [-0.39, 0.29) is 11.9 Å². The van der Waals surface area contributed by atoms with Crippen molar-refractivity contribution in [2.24, 2.45) is 0 Å². The monoisotopic (exact) mass is 174 g/mol. The molecule has 0 saturated carbocycles. The van der Waals surface area contributed by atoms with Gasteiger partial charge in [0.2, 0.25) is 5.91 Å². The second-order valence-electron chi connectivity index (χ2n) is 2.64. The van der Waals surface area contributed by atoms with Crippen molar-refractivity contribution >= 4 is 5.91 Å². The third kappa shape index (κ3) is 5.09. The molecule has 0 radical (unpaired) electrons. The third-order valence-electron chi connectivity index (χ3n) is 1.62. The maximum absolute atomic E-state index is 11.0. The van der Waals surface area contributed by atoms with Crippen LogP contribution in [0.2, 0.25) is 0 Å². The van der Waals surface area contributed by atoms with Gasteiger partial charge in [0.25, 0.3) is 0 Å². The van der Waals surface area contributed by atoms with E-state index in [1.807, 2.05) is 6.92 Å². The zero-order valence-corrected chi connectivity index (χ0v) is 8.02. The van der Waals surface area contributed by atoms with Gasteiger partial charge in [-0.15, -0.1) is 0 Å². The SMILES string of the molecule is CNC(=O)[C@H](C)NCCCOC. The highest BCUT2D eigenvalue weighted by Gasteiger charge is 2.07. The van der Waals surface area contributed by atoms with Crippen molar-refractivity contribution in [3.8, 4) is 0 Å². The summed E-state index contributed by atoms with van der Waals surface area (Å²) in [7, 11) is 3.30. The molecule has 1 amide bonds. The molecule has 0 fully saturated rings. The molecule has 0 aliphatic carbocycles. The minimum absolute atomic E-state index is 0.0208. The zero-order chi connectivity index (χ0) is 9.40. The van der Waals surface area contributed by atoms with Crippen molar-refractivity contribution in [1.82, 2.24) is 10.6 Å². The zero-order valence-electron chi connectivity index (χ0n) is 8.02. The summed E-state index contributed by atoms with van der Waals surface area (Å²) in [4.78, 5) is 11.0. The second-order valence-corrected chi connectivity index (χ2v) is 2.64. The Labute approximate surface area is 73.7 Å². The summed E-state index contributed by atoms with van der Waals surface area (Å²) in [6.07, 6.45) is 0.928. The lowest BCUT2D eigenvalue weighted by Crippen LogP contribution is -2.41. The standard InChI is InChI=1S/C8H18N2O2/c1-7(8(11)9-2)10-5-4-6-12-3/h7,10H,4-6H2,1-3H3,(H,9,11)/t7-/m0/s1. The van der Waals surface area contributed by atoms with Gasteiger partial charge in [0.15, 0.2) is 0 Å². The summed E-state index contributed by atoms with van der Waals surface area (Å²) in [5.41, 5.74) is 0. The van der Waals surface area contributed by atoms with E-state index in [0.717, 1.165) is 19.6 Å². The lowest BCUT2D eigenvalue weighted by atomic mass is 10.3. The summed E-state index contributed by atoms with van der Waals surface area (Å²) in [5.74, 6) is 0.0208. The van der Waals surface area contributed by atoms with E-state index in [1.165, 1.54) is 0 Å². The number of amides is 1. The largest absolute Gasteiger partial charge is 0.385 e. The van der Waals surface area contributed by atoms with Crippen LogP contribution in [-0.2, 0) is 9.53 Å². The molecule has 0 aliphatic rings. The molecule has 4 nitrogen and oxygen atoms in total. The summed E-state index contributed by atoms with van der Waals surface area (Å²) in [6.45, 7) is 3.38. The van der Waals surface area contributed by atoms with Crippen LogP contribution in [0.15, 0.2) is 0 Å². The van der Waals surface area contributed by atoms with E-state index < -0.39 is 0 Å². The third-order valence-corrected chi connectivity index (χ3v) is 1.62. The molecular formula is C8H18N2O2. The van der Waals surface area contributed by atoms with Crippen molar-refractivity contribution in [3.05, 3.63) is 0 Å². The van der Waals surface area contributed by atoms with E-state index in [4.69, 9.17) is 4.74 Å². The van der Waals surface area contributed by atoms with Gasteiger partial charge in [-0.25, -0.2) is 0 Å². The summed E-state index contributed by atoms with van der Waals surface area (Å²) in [6, 6.07) is -0.119. The van der Waals surface area contributed by atoms with E-state index in [1.54, 1.807) is 14.2 Å². The molecule has 12 heavy (non-hydrogen) atoms. The first-order valence-electron chi connectivity index (χ1n) is 4.16. The average Bonchev–Trinajstić information content (AvgIpc) is 2.10. The number of likely N-dealkylation sites (N-methyl/N-ethyl adjacent to an activating group) is 1. The number of hydrogen-bond acceptors (Lipinski definition) is 3. The van der Waals surface area contributed by atoms with Gasteiger partial charge >= 0.3 is 0 Å². The van der Waals surface area contributed by atoms with Crippen LogP contribution in [0.1, 0.15) is 13.3 Å². The molecule has 0 aromatic heterocycles. The molecule has 0 rings (SSSR count). The Balaban J connectivity index is 3.31. The number of nitrogens with one attached hydrogen (secondary N) is 2. The van der Waals surface area contributed by atoms with Crippen molar-refractivity contribution < 1.29 is 9.53 Å². The predicted molar refractivity (Wildman–Crippen MR) is 48.0 cm³/mol. The molecule has 0 saturated heterocycles. The van der Waals surface area contributed by atoms with Crippen molar-refractivity contribution in [2.45, 2.75) is 19.4 Å². The summed E-state index contributed by atoms with van der Waals surface area (Å²) in [5, 5.41) is 5.65. The van der Waals surface area contributed by atoms with Gasteiger partial charge in [-0.2, -0.15) is 0 Å². The first-order valence-corrected chi connectivity index (χ1v) is 4.16. The maximum atomic E-state index is 11.0. The number of carbonyl (C=O) groups excluding carboxylic acids is 1. The fourth-order valence-electron chi connectivity index (χ4n) is 0.844. The van der Waals surface area contributed by atoms with Crippen LogP contribution in [0, 0.1) is 0 Å². The van der Waals surface area contributed by atoms with Gasteiger partial charge in [0, 0.05) is 20.8 Å².